The van der Waals surface area contributed by atoms with E-state index in [9.17, 15) is 0 Å². The van der Waals surface area contributed by atoms with E-state index >= 15 is 0 Å². The van der Waals surface area contributed by atoms with Gasteiger partial charge in [0.15, 0.2) is 5.82 Å². The van der Waals surface area contributed by atoms with Crippen molar-refractivity contribution < 1.29 is 4.42 Å². The van der Waals surface area contributed by atoms with Crippen molar-refractivity contribution in [3.05, 3.63) is 235 Å². The summed E-state index contributed by atoms with van der Waals surface area (Å²) in [4.78, 5) is 18.6. The van der Waals surface area contributed by atoms with Gasteiger partial charge in [-0.2, -0.15) is 0 Å². The zero-order valence-electron chi connectivity index (χ0n) is 34.9. The Morgan fingerprint density at radius 3 is 1.86 bits per heavy atom. The minimum absolute atomic E-state index is 0.475. The van der Waals surface area contributed by atoms with E-state index in [1.165, 1.54) is 48.6 Å². The molecule has 9 aromatic carbocycles. The van der Waals surface area contributed by atoms with Crippen LogP contribution in [0.1, 0.15) is 22.3 Å². The van der Waals surface area contributed by atoms with E-state index in [0.29, 0.717) is 5.82 Å². The smallest absolute Gasteiger partial charge is 0.160 e. The molecule has 0 fully saturated rings. The van der Waals surface area contributed by atoms with Crippen LogP contribution >= 0.6 is 11.8 Å². The lowest BCUT2D eigenvalue weighted by molar-refractivity contribution is 0.669. The molecule has 14 rings (SSSR count). The molecule has 0 saturated carbocycles. The van der Waals surface area contributed by atoms with Crippen molar-refractivity contribution >= 4 is 55.4 Å². The Balaban J connectivity index is 1.01. The molecule has 0 unspecified atom stereocenters. The highest BCUT2D eigenvalue weighted by Gasteiger charge is 2.50. The molecule has 302 valence electrons. The molecular formula is C60H35N3OS. The first-order valence-corrected chi connectivity index (χ1v) is 22.8. The molecule has 2 aliphatic rings. The Bertz CT molecular complexity index is 3900. The molecule has 1 aliphatic heterocycles. The van der Waals surface area contributed by atoms with Crippen molar-refractivity contribution in [2.24, 2.45) is 0 Å². The summed E-state index contributed by atoms with van der Waals surface area (Å²) >= 11 is 1.87. The highest BCUT2D eigenvalue weighted by Crippen LogP contribution is 2.63. The number of para-hydroxylation sites is 2. The quantitative estimate of drug-likeness (QED) is 0.165. The number of nitrogens with zero attached hydrogens (tertiary/aromatic N) is 3. The van der Waals surface area contributed by atoms with Crippen molar-refractivity contribution in [1.29, 1.82) is 0 Å². The van der Waals surface area contributed by atoms with Gasteiger partial charge in [-0.25, -0.2) is 15.0 Å². The molecule has 0 saturated heterocycles. The summed E-state index contributed by atoms with van der Waals surface area (Å²) < 4.78 is 6.33. The second-order valence-electron chi connectivity index (χ2n) is 17.0. The van der Waals surface area contributed by atoms with Gasteiger partial charge >= 0.3 is 0 Å². The molecule has 1 aliphatic carbocycles. The van der Waals surface area contributed by atoms with Crippen LogP contribution in [0.15, 0.2) is 227 Å². The van der Waals surface area contributed by atoms with Crippen LogP contribution in [-0.2, 0) is 5.41 Å². The molecule has 5 heteroatoms. The van der Waals surface area contributed by atoms with Crippen LogP contribution in [-0.4, -0.2) is 15.0 Å². The Kier molecular flexibility index (Phi) is 7.80. The van der Waals surface area contributed by atoms with Crippen LogP contribution in [0.5, 0.6) is 0 Å². The van der Waals surface area contributed by atoms with Gasteiger partial charge in [0.25, 0.3) is 0 Å². The standard InChI is InChI=1S/C60H35N3OS/c1-2-16-36(17-3-1)59-62-49(35-50(63-59)41-23-15-29-52-55(41)42-22-6-11-28-51(42)64-52)37-18-14-19-38(34-37)58-43-32-33-47-57(56(43)40-21-5-10-27-48(40)61-58)39-20-4-7-24-44(39)60(47)45-25-8-12-30-53(45)65-54-31-13-9-26-46(54)60/h1-35H. The van der Waals surface area contributed by atoms with E-state index in [-0.39, 0.29) is 0 Å². The molecule has 0 amide bonds. The lowest BCUT2D eigenvalue weighted by Gasteiger charge is -2.39. The van der Waals surface area contributed by atoms with Crippen molar-refractivity contribution in [2.45, 2.75) is 15.2 Å². The lowest BCUT2D eigenvalue weighted by Crippen LogP contribution is -2.31. The third-order valence-corrected chi connectivity index (χ3v) is 14.7. The zero-order valence-corrected chi connectivity index (χ0v) is 35.7. The highest BCUT2D eigenvalue weighted by atomic mass is 32.2. The zero-order chi connectivity index (χ0) is 42.6. The van der Waals surface area contributed by atoms with Crippen molar-refractivity contribution in [1.82, 2.24) is 15.0 Å². The van der Waals surface area contributed by atoms with Gasteiger partial charge in [-0.1, -0.05) is 182 Å². The van der Waals surface area contributed by atoms with E-state index in [1.54, 1.807) is 0 Å². The van der Waals surface area contributed by atoms with Crippen LogP contribution in [0, 0.1) is 0 Å². The molecule has 3 aromatic heterocycles. The number of furan rings is 1. The molecule has 0 radical (unpaired) electrons. The first-order valence-electron chi connectivity index (χ1n) is 22.0. The fourth-order valence-corrected chi connectivity index (χ4v) is 12.1. The normalized spacial score (nSPS) is 13.3. The Morgan fingerprint density at radius 2 is 1.02 bits per heavy atom. The maximum Gasteiger partial charge on any atom is 0.160 e. The second kappa shape index (κ2) is 13.9. The molecule has 4 heterocycles. The monoisotopic (exact) mass is 845 g/mol. The van der Waals surface area contributed by atoms with Crippen molar-refractivity contribution in [2.75, 3.05) is 0 Å². The SMILES string of the molecule is c1ccc(-c2nc(-c3cccc(-c4nc5ccccc5c5c6c(ccc45)C4(c5ccccc5Sc5ccccc54)c4ccccc4-6)c3)cc(-c3cccc4oc5ccccc5c34)n2)cc1. The third-order valence-electron chi connectivity index (χ3n) is 13.5. The number of hydrogen-bond acceptors (Lipinski definition) is 5. The lowest BCUT2D eigenvalue weighted by atomic mass is 9.67. The number of aromatic nitrogens is 3. The summed E-state index contributed by atoms with van der Waals surface area (Å²) in [7, 11) is 0. The first-order chi connectivity index (χ1) is 32.2. The Labute approximate surface area is 378 Å². The topological polar surface area (TPSA) is 51.8 Å². The maximum atomic E-state index is 6.33. The minimum Gasteiger partial charge on any atom is -0.456 e. The van der Waals surface area contributed by atoms with Gasteiger partial charge in [-0.3, -0.25) is 0 Å². The van der Waals surface area contributed by atoms with Crippen LogP contribution in [0.3, 0.4) is 0 Å². The number of rotatable bonds is 4. The summed E-state index contributed by atoms with van der Waals surface area (Å²) in [6.07, 6.45) is 0. The van der Waals surface area contributed by atoms with E-state index < -0.39 is 5.41 Å². The second-order valence-corrected chi connectivity index (χ2v) is 18.0. The largest absolute Gasteiger partial charge is 0.456 e. The van der Waals surface area contributed by atoms with Gasteiger partial charge in [0.1, 0.15) is 11.2 Å². The van der Waals surface area contributed by atoms with Gasteiger partial charge in [-0.05, 0) is 75.8 Å². The van der Waals surface area contributed by atoms with Gasteiger partial charge < -0.3 is 4.42 Å². The first kappa shape index (κ1) is 36.4. The fourth-order valence-electron chi connectivity index (χ4n) is 10.9. The van der Waals surface area contributed by atoms with Crippen molar-refractivity contribution in [3.8, 4) is 56.3 Å². The number of fused-ring (bicyclic) bond motifs is 16. The maximum absolute atomic E-state index is 6.33. The molecule has 0 N–H and O–H groups in total. The average molecular weight is 846 g/mol. The van der Waals surface area contributed by atoms with Crippen LogP contribution in [0.2, 0.25) is 0 Å². The summed E-state index contributed by atoms with van der Waals surface area (Å²) in [5.41, 5.74) is 16.6. The van der Waals surface area contributed by atoms with E-state index in [0.717, 1.165) is 77.6 Å². The summed E-state index contributed by atoms with van der Waals surface area (Å²) in [6.45, 7) is 0. The van der Waals surface area contributed by atoms with E-state index in [4.69, 9.17) is 19.4 Å². The Morgan fingerprint density at radius 1 is 0.385 bits per heavy atom. The predicted octanol–water partition coefficient (Wildman–Crippen LogP) is 15.6. The molecule has 0 atom stereocenters. The molecule has 4 nitrogen and oxygen atoms in total. The van der Waals surface area contributed by atoms with Gasteiger partial charge in [0.2, 0.25) is 0 Å². The fraction of sp³-hybridized carbons (Fsp3) is 0.0167. The van der Waals surface area contributed by atoms with Gasteiger partial charge in [0, 0.05) is 59.0 Å². The highest BCUT2D eigenvalue weighted by molar-refractivity contribution is 7.99. The third kappa shape index (κ3) is 5.24. The average Bonchev–Trinajstić information content (AvgIpc) is 3.90. The Hall–Kier alpha value is -8.12. The van der Waals surface area contributed by atoms with Crippen LogP contribution in [0.25, 0.3) is 99.9 Å². The van der Waals surface area contributed by atoms with E-state index in [2.05, 4.69) is 170 Å². The molecule has 1 spiro atoms. The summed E-state index contributed by atoms with van der Waals surface area (Å²) in [6, 6.07) is 75.9. The number of pyridine rings is 1. The van der Waals surface area contributed by atoms with Crippen LogP contribution < -0.4 is 0 Å². The molecule has 12 aromatic rings. The predicted molar refractivity (Wildman–Crippen MR) is 265 cm³/mol. The minimum atomic E-state index is -0.475. The van der Waals surface area contributed by atoms with Crippen LogP contribution in [0.4, 0.5) is 0 Å². The number of benzene rings is 9. The van der Waals surface area contributed by atoms with E-state index in [1.807, 2.05) is 54.2 Å². The summed E-state index contributed by atoms with van der Waals surface area (Å²) in [5.74, 6) is 0.662. The summed E-state index contributed by atoms with van der Waals surface area (Å²) in [5, 5.41) is 5.59. The molecule has 0 bridgehead atoms. The number of hydrogen-bond donors (Lipinski definition) is 0. The molecular weight excluding hydrogens is 811 g/mol. The van der Waals surface area contributed by atoms with Gasteiger partial charge in [0.05, 0.1) is 28.0 Å². The van der Waals surface area contributed by atoms with Crippen molar-refractivity contribution in [3.63, 3.8) is 0 Å². The van der Waals surface area contributed by atoms with Gasteiger partial charge in [-0.15, -0.1) is 0 Å². The molecule has 65 heavy (non-hydrogen) atoms.